The van der Waals surface area contributed by atoms with Crippen molar-refractivity contribution >= 4 is 0 Å². The quantitative estimate of drug-likeness (QED) is 0.616. The van der Waals surface area contributed by atoms with Crippen molar-refractivity contribution in [3.8, 4) is 0 Å². The van der Waals surface area contributed by atoms with Gasteiger partial charge < -0.3 is 4.74 Å². The van der Waals surface area contributed by atoms with Crippen molar-refractivity contribution in [3.05, 3.63) is 24.3 Å². The Morgan fingerprint density at radius 3 is 3.00 bits per heavy atom. The Kier molecular flexibility index (Phi) is 4.19. The van der Waals surface area contributed by atoms with Gasteiger partial charge in [0.1, 0.15) is 0 Å². The van der Waals surface area contributed by atoms with Gasteiger partial charge in [-0.05, 0) is 19.4 Å². The summed E-state index contributed by atoms with van der Waals surface area (Å²) in [7, 11) is 0. The largest absolute Gasteiger partial charge is 0.376 e. The van der Waals surface area contributed by atoms with Crippen LogP contribution in [0.2, 0.25) is 0 Å². The lowest BCUT2D eigenvalue weighted by Gasteiger charge is -2.31. The second kappa shape index (κ2) is 5.20. The third-order valence-corrected chi connectivity index (χ3v) is 2.36. The molecule has 1 unspecified atom stereocenters. The van der Waals surface area contributed by atoms with E-state index in [-0.39, 0.29) is 0 Å². The Hall–Kier alpha value is -0.600. The maximum atomic E-state index is 5.47. The fraction of sp³-hybridized carbons (Fsp3) is 0.636. The highest BCUT2D eigenvalue weighted by Gasteiger charge is 2.16. The zero-order chi connectivity index (χ0) is 9.68. The number of ether oxygens (including phenoxy) is 1. The zero-order valence-electron chi connectivity index (χ0n) is 8.62. The third-order valence-electron chi connectivity index (χ3n) is 2.36. The molecule has 0 aromatic carbocycles. The highest BCUT2D eigenvalue weighted by molar-refractivity contribution is 5.16. The highest BCUT2D eigenvalue weighted by atomic mass is 16.5. The SMILES string of the molecule is C=C/C(=C\C)CN1CCOC(C)C1. The average molecular weight is 181 g/mol. The first kappa shape index (κ1) is 10.5. The van der Waals surface area contributed by atoms with Crippen LogP contribution in [0, 0.1) is 0 Å². The van der Waals surface area contributed by atoms with Crippen molar-refractivity contribution in [1.82, 2.24) is 4.90 Å². The topological polar surface area (TPSA) is 12.5 Å². The maximum absolute atomic E-state index is 5.47. The molecule has 0 bridgehead atoms. The van der Waals surface area contributed by atoms with E-state index >= 15 is 0 Å². The number of allylic oxidation sites excluding steroid dienone is 1. The predicted molar refractivity (Wildman–Crippen MR) is 55.8 cm³/mol. The van der Waals surface area contributed by atoms with Gasteiger partial charge in [0.05, 0.1) is 12.7 Å². The van der Waals surface area contributed by atoms with Gasteiger partial charge in [-0.1, -0.05) is 18.7 Å². The fourth-order valence-electron chi connectivity index (χ4n) is 1.57. The molecule has 1 aliphatic rings. The third kappa shape index (κ3) is 3.33. The Labute approximate surface area is 80.9 Å². The van der Waals surface area contributed by atoms with Gasteiger partial charge in [-0.2, -0.15) is 0 Å². The van der Waals surface area contributed by atoms with Gasteiger partial charge in [0, 0.05) is 19.6 Å². The molecule has 0 spiro atoms. The van der Waals surface area contributed by atoms with Gasteiger partial charge in [-0.25, -0.2) is 0 Å². The van der Waals surface area contributed by atoms with Gasteiger partial charge >= 0.3 is 0 Å². The van der Waals surface area contributed by atoms with Crippen LogP contribution in [0.5, 0.6) is 0 Å². The van der Waals surface area contributed by atoms with E-state index in [1.165, 1.54) is 5.57 Å². The van der Waals surface area contributed by atoms with E-state index in [1.54, 1.807) is 0 Å². The van der Waals surface area contributed by atoms with Crippen molar-refractivity contribution in [2.24, 2.45) is 0 Å². The van der Waals surface area contributed by atoms with Crippen molar-refractivity contribution in [1.29, 1.82) is 0 Å². The standard InChI is InChI=1S/C11H19NO/c1-4-11(5-2)9-12-6-7-13-10(3)8-12/h4-5,10H,1,6-9H2,2-3H3/b11-5+. The molecule has 1 rings (SSSR count). The van der Waals surface area contributed by atoms with Crippen LogP contribution in [0.15, 0.2) is 24.3 Å². The van der Waals surface area contributed by atoms with Gasteiger partial charge in [0.15, 0.2) is 0 Å². The second-order valence-corrected chi connectivity index (χ2v) is 3.48. The molecule has 1 heterocycles. The summed E-state index contributed by atoms with van der Waals surface area (Å²) >= 11 is 0. The molecule has 0 saturated carbocycles. The van der Waals surface area contributed by atoms with Gasteiger partial charge in [0.2, 0.25) is 0 Å². The van der Waals surface area contributed by atoms with E-state index in [2.05, 4.69) is 31.4 Å². The average Bonchev–Trinajstić information content (AvgIpc) is 2.14. The summed E-state index contributed by atoms with van der Waals surface area (Å²) < 4.78 is 5.47. The van der Waals surface area contributed by atoms with Gasteiger partial charge in [0.25, 0.3) is 0 Å². The molecule has 2 heteroatoms. The minimum Gasteiger partial charge on any atom is -0.376 e. The lowest BCUT2D eigenvalue weighted by atomic mass is 10.2. The predicted octanol–water partition coefficient (Wildman–Crippen LogP) is 1.84. The van der Waals surface area contributed by atoms with E-state index in [1.807, 2.05) is 6.08 Å². The molecule has 0 radical (unpaired) electrons. The zero-order valence-corrected chi connectivity index (χ0v) is 8.62. The van der Waals surface area contributed by atoms with Crippen molar-refractivity contribution < 1.29 is 4.74 Å². The summed E-state index contributed by atoms with van der Waals surface area (Å²) in [6.07, 6.45) is 4.42. The summed E-state index contributed by atoms with van der Waals surface area (Å²) in [4.78, 5) is 2.41. The minimum absolute atomic E-state index is 0.372. The molecule has 1 aliphatic heterocycles. The number of nitrogens with zero attached hydrogens (tertiary/aromatic N) is 1. The van der Waals surface area contributed by atoms with Crippen LogP contribution in [0.4, 0.5) is 0 Å². The lowest BCUT2D eigenvalue weighted by Crippen LogP contribution is -2.41. The van der Waals surface area contributed by atoms with Gasteiger partial charge in [-0.15, -0.1) is 0 Å². The lowest BCUT2D eigenvalue weighted by molar-refractivity contribution is -0.0146. The smallest absolute Gasteiger partial charge is 0.0674 e. The fourth-order valence-corrected chi connectivity index (χ4v) is 1.57. The summed E-state index contributed by atoms with van der Waals surface area (Å²) in [5.74, 6) is 0. The molecule has 13 heavy (non-hydrogen) atoms. The van der Waals surface area contributed by atoms with E-state index in [0.717, 1.165) is 26.2 Å². The molecule has 0 aromatic heterocycles. The summed E-state index contributed by atoms with van der Waals surface area (Å²) in [5, 5.41) is 0. The Bertz CT molecular complexity index is 198. The van der Waals surface area contributed by atoms with Crippen molar-refractivity contribution in [2.45, 2.75) is 20.0 Å². The molecular weight excluding hydrogens is 162 g/mol. The first-order valence-electron chi connectivity index (χ1n) is 4.88. The molecule has 2 nitrogen and oxygen atoms in total. The number of hydrogen-bond acceptors (Lipinski definition) is 2. The first-order valence-corrected chi connectivity index (χ1v) is 4.88. The number of morpholine rings is 1. The maximum Gasteiger partial charge on any atom is 0.0674 e. The monoisotopic (exact) mass is 181 g/mol. The molecule has 0 amide bonds. The van der Waals surface area contributed by atoms with Crippen molar-refractivity contribution in [3.63, 3.8) is 0 Å². The van der Waals surface area contributed by atoms with Crippen LogP contribution >= 0.6 is 0 Å². The van der Waals surface area contributed by atoms with E-state index < -0.39 is 0 Å². The summed E-state index contributed by atoms with van der Waals surface area (Å²) in [5.41, 5.74) is 1.30. The number of hydrogen-bond donors (Lipinski definition) is 0. The Morgan fingerprint density at radius 1 is 1.69 bits per heavy atom. The van der Waals surface area contributed by atoms with E-state index in [4.69, 9.17) is 4.74 Å². The molecular formula is C11H19NO. The summed E-state index contributed by atoms with van der Waals surface area (Å²) in [6.45, 7) is 11.9. The van der Waals surface area contributed by atoms with Crippen LogP contribution in [-0.2, 0) is 4.74 Å². The van der Waals surface area contributed by atoms with Crippen LogP contribution in [0.3, 0.4) is 0 Å². The highest BCUT2D eigenvalue weighted by Crippen LogP contribution is 2.07. The molecule has 0 aliphatic carbocycles. The van der Waals surface area contributed by atoms with Crippen molar-refractivity contribution in [2.75, 3.05) is 26.2 Å². The van der Waals surface area contributed by atoms with Crippen LogP contribution < -0.4 is 0 Å². The molecule has 1 saturated heterocycles. The molecule has 1 fully saturated rings. The molecule has 0 aromatic rings. The molecule has 1 atom stereocenters. The Morgan fingerprint density at radius 2 is 2.46 bits per heavy atom. The number of rotatable bonds is 3. The van der Waals surface area contributed by atoms with Crippen LogP contribution in [0.1, 0.15) is 13.8 Å². The van der Waals surface area contributed by atoms with E-state index in [0.29, 0.717) is 6.10 Å². The van der Waals surface area contributed by atoms with Crippen LogP contribution in [0.25, 0.3) is 0 Å². The van der Waals surface area contributed by atoms with Crippen LogP contribution in [-0.4, -0.2) is 37.2 Å². The minimum atomic E-state index is 0.372. The second-order valence-electron chi connectivity index (χ2n) is 3.48. The van der Waals surface area contributed by atoms with Gasteiger partial charge in [-0.3, -0.25) is 4.90 Å². The normalized spacial score (nSPS) is 26.0. The molecule has 74 valence electrons. The Balaban J connectivity index is 2.39. The molecule has 0 N–H and O–H groups in total. The van der Waals surface area contributed by atoms with E-state index in [9.17, 15) is 0 Å². The summed E-state index contributed by atoms with van der Waals surface area (Å²) in [6, 6.07) is 0. The first-order chi connectivity index (χ1) is 6.26.